The van der Waals surface area contributed by atoms with E-state index in [2.05, 4.69) is 0 Å². The Labute approximate surface area is 170 Å². The molecular weight excluding hydrogens is 407 g/mol. The number of para-hydroxylation sites is 1. The Hall–Kier alpha value is -2.98. The molecule has 29 heavy (non-hydrogen) atoms. The fourth-order valence-corrected chi connectivity index (χ4v) is 2.85. The maximum atomic E-state index is 12.5. The monoisotopic (exact) mass is 421 g/mol. The molecule has 0 saturated heterocycles. The van der Waals surface area contributed by atoms with Gasteiger partial charge in [-0.1, -0.05) is 48.0 Å². The van der Waals surface area contributed by atoms with Gasteiger partial charge in [0.25, 0.3) is 0 Å². The van der Waals surface area contributed by atoms with E-state index in [-0.39, 0.29) is 6.42 Å². The van der Waals surface area contributed by atoms with Crippen LogP contribution in [0.5, 0.6) is 11.5 Å². The Morgan fingerprint density at radius 2 is 1.86 bits per heavy atom. The van der Waals surface area contributed by atoms with Gasteiger partial charge in [0, 0.05) is 5.56 Å². The molecule has 4 nitrogen and oxygen atoms in total. The van der Waals surface area contributed by atoms with Crippen molar-refractivity contribution in [3.8, 4) is 17.6 Å². The highest BCUT2D eigenvalue weighted by Gasteiger charge is 2.46. The molecule has 3 rings (SSSR count). The lowest BCUT2D eigenvalue weighted by Gasteiger charge is -2.13. The van der Waals surface area contributed by atoms with Gasteiger partial charge in [-0.3, -0.25) is 4.79 Å². The van der Waals surface area contributed by atoms with Gasteiger partial charge in [0.1, 0.15) is 22.6 Å². The average Bonchev–Trinajstić information content (AvgIpc) is 3.45. The van der Waals surface area contributed by atoms with E-state index >= 15 is 0 Å². The van der Waals surface area contributed by atoms with E-state index in [9.17, 15) is 23.2 Å². The summed E-state index contributed by atoms with van der Waals surface area (Å²) in [6.45, 7) is 0. The van der Waals surface area contributed by atoms with E-state index in [1.807, 2.05) is 24.3 Å². The van der Waals surface area contributed by atoms with Crippen LogP contribution >= 0.6 is 11.6 Å². The van der Waals surface area contributed by atoms with Crippen molar-refractivity contribution >= 4 is 17.6 Å². The van der Waals surface area contributed by atoms with Gasteiger partial charge >= 0.3 is 12.1 Å². The highest BCUT2D eigenvalue weighted by Crippen LogP contribution is 2.44. The van der Waals surface area contributed by atoms with Gasteiger partial charge in [-0.15, -0.1) is 0 Å². The minimum absolute atomic E-state index is 0.195. The Morgan fingerprint density at radius 1 is 1.17 bits per heavy atom. The van der Waals surface area contributed by atoms with Crippen molar-refractivity contribution in [2.75, 3.05) is 0 Å². The van der Waals surface area contributed by atoms with Crippen LogP contribution in [-0.4, -0.2) is 12.1 Å². The van der Waals surface area contributed by atoms with Gasteiger partial charge in [0.05, 0.1) is 5.92 Å². The number of ether oxygens (including phenoxy) is 2. The number of esters is 1. The number of benzene rings is 2. The minimum Gasteiger partial charge on any atom is -0.457 e. The predicted molar refractivity (Wildman–Crippen MR) is 99.0 cm³/mol. The van der Waals surface area contributed by atoms with Crippen LogP contribution < -0.4 is 4.74 Å². The fraction of sp³-hybridized carbons (Fsp3) is 0.238. The number of carbonyl (C=O) groups is 1. The van der Waals surface area contributed by atoms with Crippen molar-refractivity contribution in [1.82, 2.24) is 0 Å². The zero-order chi connectivity index (χ0) is 21.0. The molecule has 1 unspecified atom stereocenters. The van der Waals surface area contributed by atoms with Gasteiger partial charge in [-0.2, -0.15) is 18.4 Å². The van der Waals surface area contributed by atoms with Gasteiger partial charge in [-0.05, 0) is 36.6 Å². The smallest absolute Gasteiger partial charge is 0.426 e. The second kappa shape index (κ2) is 8.58. The van der Waals surface area contributed by atoms with Gasteiger partial charge in [0.15, 0.2) is 0 Å². The number of alkyl halides is 3. The lowest BCUT2D eigenvalue weighted by molar-refractivity contribution is -0.148. The van der Waals surface area contributed by atoms with Crippen LogP contribution in [0.4, 0.5) is 13.2 Å². The van der Waals surface area contributed by atoms with Gasteiger partial charge in [-0.25, -0.2) is 0 Å². The molecule has 2 aromatic rings. The van der Waals surface area contributed by atoms with E-state index in [1.165, 1.54) is 0 Å². The molecule has 1 saturated carbocycles. The number of hydrogen-bond acceptors (Lipinski definition) is 4. The first-order valence-electron chi connectivity index (χ1n) is 8.65. The van der Waals surface area contributed by atoms with E-state index in [0.717, 1.165) is 6.08 Å². The second-order valence-corrected chi connectivity index (χ2v) is 6.86. The van der Waals surface area contributed by atoms with Crippen molar-refractivity contribution in [2.45, 2.75) is 18.7 Å². The normalized spacial score (nSPS) is 19.8. The average molecular weight is 422 g/mol. The Morgan fingerprint density at radius 3 is 2.52 bits per heavy atom. The molecule has 2 aromatic carbocycles. The maximum Gasteiger partial charge on any atom is 0.426 e. The van der Waals surface area contributed by atoms with Crippen LogP contribution in [0, 0.1) is 23.2 Å². The van der Waals surface area contributed by atoms with Crippen molar-refractivity contribution in [3.63, 3.8) is 0 Å². The van der Waals surface area contributed by atoms with Gasteiger partial charge in [0.2, 0.25) is 6.10 Å². The van der Waals surface area contributed by atoms with Crippen LogP contribution in [0.3, 0.4) is 0 Å². The Kier molecular flexibility index (Phi) is 6.14. The molecule has 0 spiro atoms. The Bertz CT molecular complexity index is 954. The number of allylic oxidation sites excluding steroid dienone is 2. The molecule has 3 atom stereocenters. The third-order valence-corrected chi connectivity index (χ3v) is 4.61. The molecule has 0 aromatic heterocycles. The van der Waals surface area contributed by atoms with E-state index < -0.39 is 35.1 Å². The van der Waals surface area contributed by atoms with E-state index in [1.54, 1.807) is 36.4 Å². The third-order valence-electron chi connectivity index (χ3n) is 4.26. The molecule has 0 heterocycles. The predicted octanol–water partition coefficient (Wildman–Crippen LogP) is 5.91. The highest BCUT2D eigenvalue weighted by atomic mass is 35.5. The topological polar surface area (TPSA) is 59.3 Å². The first kappa shape index (κ1) is 20.7. The zero-order valence-electron chi connectivity index (χ0n) is 14.9. The summed E-state index contributed by atoms with van der Waals surface area (Å²) in [6, 6.07) is 17.4. The summed E-state index contributed by atoms with van der Waals surface area (Å²) in [6.07, 6.45) is -4.85. The molecule has 1 aliphatic carbocycles. The maximum absolute atomic E-state index is 12.5. The molecule has 0 amide bonds. The van der Waals surface area contributed by atoms with Crippen LogP contribution in [0.25, 0.3) is 0 Å². The largest absolute Gasteiger partial charge is 0.457 e. The molecule has 150 valence electrons. The number of hydrogen-bond donors (Lipinski definition) is 0. The highest BCUT2D eigenvalue weighted by molar-refractivity contribution is 6.30. The van der Waals surface area contributed by atoms with Gasteiger partial charge < -0.3 is 9.47 Å². The number of rotatable bonds is 6. The molecule has 0 bridgehead atoms. The first-order chi connectivity index (χ1) is 13.8. The summed E-state index contributed by atoms with van der Waals surface area (Å²) < 4.78 is 48.3. The fourth-order valence-electron chi connectivity index (χ4n) is 2.69. The summed E-state index contributed by atoms with van der Waals surface area (Å²) >= 11 is 5.19. The summed E-state index contributed by atoms with van der Waals surface area (Å²) in [5.41, 5.74) is 0.398. The van der Waals surface area contributed by atoms with E-state index in [0.29, 0.717) is 17.1 Å². The minimum atomic E-state index is -4.65. The summed E-state index contributed by atoms with van der Waals surface area (Å²) in [4.78, 5) is 12.2. The SMILES string of the molecule is N#CC(OC(=O)[C@@H]1C[C@@H]1/C=C(\Cl)C(F)(F)F)c1cccc(Oc2ccccc2)c1. The molecule has 1 fully saturated rings. The molecule has 8 heteroatoms. The summed E-state index contributed by atoms with van der Waals surface area (Å²) in [7, 11) is 0. The summed E-state index contributed by atoms with van der Waals surface area (Å²) in [5.74, 6) is -1.08. The first-order valence-corrected chi connectivity index (χ1v) is 9.03. The lowest BCUT2D eigenvalue weighted by atomic mass is 10.1. The van der Waals surface area contributed by atoms with Crippen LogP contribution in [0.1, 0.15) is 18.1 Å². The van der Waals surface area contributed by atoms with Crippen molar-refractivity contribution in [3.05, 3.63) is 71.3 Å². The standard InChI is InChI=1S/C21H15ClF3NO3/c22-19(21(23,24)25)11-14-10-17(14)20(27)29-18(12-26)13-5-4-8-16(9-13)28-15-6-2-1-3-7-15/h1-9,11,14,17-18H,10H2/b19-11-/t14-,17-,18?/m1/s1. The number of nitrogens with zero attached hydrogens (tertiary/aromatic N) is 1. The quantitative estimate of drug-likeness (QED) is 0.544. The third kappa shape index (κ3) is 5.52. The molecular formula is C21H15ClF3NO3. The second-order valence-electron chi connectivity index (χ2n) is 6.45. The van der Waals surface area contributed by atoms with Crippen molar-refractivity contribution < 1.29 is 27.4 Å². The molecule has 0 radical (unpaired) electrons. The van der Waals surface area contributed by atoms with Crippen LogP contribution in [0.15, 0.2) is 65.7 Å². The van der Waals surface area contributed by atoms with Crippen molar-refractivity contribution in [2.24, 2.45) is 11.8 Å². The van der Waals surface area contributed by atoms with Crippen LogP contribution in [0.2, 0.25) is 0 Å². The van der Waals surface area contributed by atoms with Crippen LogP contribution in [-0.2, 0) is 9.53 Å². The number of carbonyl (C=O) groups excluding carboxylic acids is 1. The molecule has 1 aliphatic rings. The molecule has 0 aliphatic heterocycles. The zero-order valence-corrected chi connectivity index (χ0v) is 15.7. The summed E-state index contributed by atoms with van der Waals surface area (Å²) in [5, 5.41) is 8.12. The molecule has 0 N–H and O–H groups in total. The number of nitriles is 1. The van der Waals surface area contributed by atoms with E-state index in [4.69, 9.17) is 21.1 Å². The Balaban J connectivity index is 1.64. The van der Waals surface area contributed by atoms with Crippen molar-refractivity contribution in [1.29, 1.82) is 5.26 Å². The number of halogens is 4. The lowest BCUT2D eigenvalue weighted by Crippen LogP contribution is -2.13.